The first-order chi connectivity index (χ1) is 7.76. The number of aromatic nitrogens is 1. The molecule has 0 saturated heterocycles. The third kappa shape index (κ3) is 4.75. The lowest BCUT2D eigenvalue weighted by Gasteiger charge is -2.13. The highest BCUT2D eigenvalue weighted by atomic mass is 32.2. The smallest absolute Gasteiger partial charge is 0.127 e. The average Bonchev–Trinajstić information content (AvgIpc) is 2.28. The highest BCUT2D eigenvalue weighted by Gasteiger charge is 2.01. The Bertz CT molecular complexity index is 304. The molecule has 16 heavy (non-hydrogen) atoms. The summed E-state index contributed by atoms with van der Waals surface area (Å²) in [5.74, 6) is 2.81. The predicted octanol–water partition coefficient (Wildman–Crippen LogP) is 2.92. The minimum atomic E-state index is 0.686. The van der Waals surface area contributed by atoms with Gasteiger partial charge in [-0.15, -0.1) is 0 Å². The molecule has 0 aliphatic carbocycles. The van der Waals surface area contributed by atoms with Gasteiger partial charge in [-0.05, 0) is 30.9 Å². The third-order valence-corrected chi connectivity index (χ3v) is 3.13. The molecule has 3 nitrogen and oxygen atoms in total. The summed E-state index contributed by atoms with van der Waals surface area (Å²) in [6.45, 7) is 6.24. The summed E-state index contributed by atoms with van der Waals surface area (Å²) >= 11 is 1.89. The van der Waals surface area contributed by atoms with Crippen molar-refractivity contribution in [1.82, 2.24) is 4.98 Å². The van der Waals surface area contributed by atoms with Crippen LogP contribution in [0, 0.1) is 5.92 Å². The standard InChI is InChI=1S/C12H21N3S/c1-4-13-12-7-11(5-6-14-12)15-8-10(2)9-16-3/h5-7,10H,4,8-9H2,1-3H3,(H2,13,14,15). The molecule has 0 radical (unpaired) electrons. The Labute approximate surface area is 102 Å². The number of hydrogen-bond acceptors (Lipinski definition) is 4. The van der Waals surface area contributed by atoms with E-state index in [1.165, 1.54) is 5.75 Å². The Kier molecular flexibility index (Phi) is 6.08. The van der Waals surface area contributed by atoms with Crippen molar-refractivity contribution in [2.75, 3.05) is 35.7 Å². The number of anilines is 2. The van der Waals surface area contributed by atoms with E-state index < -0.39 is 0 Å². The zero-order valence-corrected chi connectivity index (χ0v) is 11.1. The Balaban J connectivity index is 2.44. The van der Waals surface area contributed by atoms with Gasteiger partial charge in [-0.2, -0.15) is 11.8 Å². The lowest BCUT2D eigenvalue weighted by atomic mass is 10.2. The van der Waals surface area contributed by atoms with Crippen LogP contribution in [-0.4, -0.2) is 30.1 Å². The van der Waals surface area contributed by atoms with Gasteiger partial charge in [0.15, 0.2) is 0 Å². The van der Waals surface area contributed by atoms with Crippen LogP contribution in [0.5, 0.6) is 0 Å². The molecule has 0 bridgehead atoms. The van der Waals surface area contributed by atoms with Crippen LogP contribution in [0.4, 0.5) is 11.5 Å². The Morgan fingerprint density at radius 3 is 2.94 bits per heavy atom. The number of pyridine rings is 1. The molecule has 0 aromatic carbocycles. The van der Waals surface area contributed by atoms with E-state index in [0.29, 0.717) is 5.92 Å². The molecule has 0 amide bonds. The fourth-order valence-electron chi connectivity index (χ4n) is 1.45. The predicted molar refractivity (Wildman–Crippen MR) is 74.4 cm³/mol. The number of hydrogen-bond donors (Lipinski definition) is 2. The van der Waals surface area contributed by atoms with Crippen LogP contribution in [0.2, 0.25) is 0 Å². The molecule has 1 atom stereocenters. The molecule has 1 aromatic heterocycles. The maximum absolute atomic E-state index is 4.24. The van der Waals surface area contributed by atoms with Gasteiger partial charge in [-0.1, -0.05) is 6.92 Å². The molecule has 0 aliphatic rings. The van der Waals surface area contributed by atoms with Crippen LogP contribution < -0.4 is 10.6 Å². The van der Waals surface area contributed by atoms with Gasteiger partial charge in [0.25, 0.3) is 0 Å². The number of rotatable bonds is 7. The molecule has 0 fully saturated rings. The van der Waals surface area contributed by atoms with Crippen molar-refractivity contribution in [1.29, 1.82) is 0 Å². The van der Waals surface area contributed by atoms with E-state index >= 15 is 0 Å². The summed E-state index contributed by atoms with van der Waals surface area (Å²) in [4.78, 5) is 4.24. The Morgan fingerprint density at radius 2 is 2.25 bits per heavy atom. The molecule has 0 spiro atoms. The number of nitrogens with one attached hydrogen (secondary N) is 2. The molecule has 2 N–H and O–H groups in total. The van der Waals surface area contributed by atoms with E-state index in [1.807, 2.05) is 24.0 Å². The van der Waals surface area contributed by atoms with E-state index in [2.05, 4.69) is 41.8 Å². The maximum Gasteiger partial charge on any atom is 0.127 e. The number of thioether (sulfide) groups is 1. The normalized spacial score (nSPS) is 12.2. The van der Waals surface area contributed by atoms with Crippen molar-refractivity contribution < 1.29 is 0 Å². The highest BCUT2D eigenvalue weighted by Crippen LogP contribution is 2.13. The van der Waals surface area contributed by atoms with Gasteiger partial charge in [-0.25, -0.2) is 4.98 Å². The topological polar surface area (TPSA) is 37.0 Å². The maximum atomic E-state index is 4.24. The fourth-order valence-corrected chi connectivity index (χ4v) is 2.14. The zero-order valence-electron chi connectivity index (χ0n) is 10.3. The molecule has 1 heterocycles. The first-order valence-corrected chi connectivity index (χ1v) is 7.08. The third-order valence-electron chi connectivity index (χ3n) is 2.22. The van der Waals surface area contributed by atoms with Crippen molar-refractivity contribution in [3.63, 3.8) is 0 Å². The van der Waals surface area contributed by atoms with E-state index in [9.17, 15) is 0 Å². The van der Waals surface area contributed by atoms with Crippen molar-refractivity contribution in [3.05, 3.63) is 18.3 Å². The van der Waals surface area contributed by atoms with E-state index in [4.69, 9.17) is 0 Å². The van der Waals surface area contributed by atoms with E-state index in [0.717, 1.165) is 24.6 Å². The van der Waals surface area contributed by atoms with Gasteiger partial charge < -0.3 is 10.6 Å². The minimum absolute atomic E-state index is 0.686. The molecule has 1 unspecified atom stereocenters. The molecule has 0 saturated carbocycles. The average molecular weight is 239 g/mol. The van der Waals surface area contributed by atoms with Crippen molar-refractivity contribution >= 4 is 23.3 Å². The summed E-state index contributed by atoms with van der Waals surface area (Å²) in [5, 5.41) is 6.64. The lowest BCUT2D eigenvalue weighted by molar-refractivity contribution is 0.701. The number of nitrogens with zero attached hydrogens (tertiary/aromatic N) is 1. The molecule has 1 rings (SSSR count). The first-order valence-electron chi connectivity index (χ1n) is 5.69. The van der Waals surface area contributed by atoms with Crippen LogP contribution in [0.25, 0.3) is 0 Å². The second-order valence-electron chi connectivity index (χ2n) is 3.90. The summed E-state index contributed by atoms with van der Waals surface area (Å²) in [6, 6.07) is 4.06. The van der Waals surface area contributed by atoms with Gasteiger partial charge in [0, 0.05) is 31.0 Å². The quantitative estimate of drug-likeness (QED) is 0.767. The van der Waals surface area contributed by atoms with Gasteiger partial charge >= 0.3 is 0 Å². The molecule has 1 aromatic rings. The summed E-state index contributed by atoms with van der Waals surface area (Å²) in [6.07, 6.45) is 3.98. The molecule has 4 heteroatoms. The molecular formula is C12H21N3S. The van der Waals surface area contributed by atoms with Crippen LogP contribution in [0.3, 0.4) is 0 Å². The summed E-state index contributed by atoms with van der Waals surface area (Å²) in [7, 11) is 0. The van der Waals surface area contributed by atoms with E-state index in [-0.39, 0.29) is 0 Å². The summed E-state index contributed by atoms with van der Waals surface area (Å²) < 4.78 is 0. The van der Waals surface area contributed by atoms with Crippen LogP contribution in [0.1, 0.15) is 13.8 Å². The zero-order chi connectivity index (χ0) is 11.8. The van der Waals surface area contributed by atoms with Gasteiger partial charge in [0.1, 0.15) is 5.82 Å². The van der Waals surface area contributed by atoms with Crippen molar-refractivity contribution in [2.24, 2.45) is 5.92 Å². The van der Waals surface area contributed by atoms with Crippen molar-refractivity contribution in [3.8, 4) is 0 Å². The van der Waals surface area contributed by atoms with E-state index in [1.54, 1.807) is 0 Å². The second kappa shape index (κ2) is 7.39. The largest absolute Gasteiger partial charge is 0.385 e. The van der Waals surface area contributed by atoms with Crippen LogP contribution in [-0.2, 0) is 0 Å². The SMILES string of the molecule is CCNc1cc(NCC(C)CSC)ccn1. The Morgan fingerprint density at radius 1 is 1.44 bits per heavy atom. The van der Waals surface area contributed by atoms with Gasteiger partial charge in [0.05, 0.1) is 0 Å². The first kappa shape index (κ1) is 13.2. The van der Waals surface area contributed by atoms with Crippen molar-refractivity contribution in [2.45, 2.75) is 13.8 Å². The van der Waals surface area contributed by atoms with Gasteiger partial charge in [0.2, 0.25) is 0 Å². The molecule has 90 valence electrons. The van der Waals surface area contributed by atoms with Crippen LogP contribution >= 0.6 is 11.8 Å². The fraction of sp³-hybridized carbons (Fsp3) is 0.583. The Hall–Kier alpha value is -0.900. The molecular weight excluding hydrogens is 218 g/mol. The second-order valence-corrected chi connectivity index (χ2v) is 4.81. The van der Waals surface area contributed by atoms with Crippen LogP contribution in [0.15, 0.2) is 18.3 Å². The lowest BCUT2D eigenvalue weighted by Crippen LogP contribution is -2.13. The molecule has 0 aliphatic heterocycles. The monoisotopic (exact) mass is 239 g/mol. The van der Waals surface area contributed by atoms with Gasteiger partial charge in [-0.3, -0.25) is 0 Å². The summed E-state index contributed by atoms with van der Waals surface area (Å²) in [5.41, 5.74) is 1.14. The minimum Gasteiger partial charge on any atom is -0.385 e. The highest BCUT2D eigenvalue weighted by molar-refractivity contribution is 7.98.